The molecule has 31 heavy (non-hydrogen) atoms. The number of likely N-dealkylation sites (tertiary alicyclic amines) is 1. The lowest BCUT2D eigenvalue weighted by atomic mass is 10.0. The first-order chi connectivity index (χ1) is 14.8. The van der Waals surface area contributed by atoms with Crippen molar-refractivity contribution in [2.24, 2.45) is 10.7 Å². The zero-order chi connectivity index (χ0) is 22.5. The van der Waals surface area contributed by atoms with Gasteiger partial charge in [0.15, 0.2) is 5.78 Å². The minimum atomic E-state index is -0.425. The number of amides is 1. The molecule has 0 atom stereocenters. The fraction of sp³-hybridized carbons (Fsp3) is 0.318. The van der Waals surface area contributed by atoms with Crippen LogP contribution >= 0.6 is 46.1 Å². The van der Waals surface area contributed by atoms with Crippen molar-refractivity contribution in [2.75, 3.05) is 13.1 Å². The zero-order valence-electron chi connectivity index (χ0n) is 17.0. The van der Waals surface area contributed by atoms with E-state index >= 15 is 0 Å². The summed E-state index contributed by atoms with van der Waals surface area (Å²) >= 11 is 19.7. The van der Waals surface area contributed by atoms with E-state index < -0.39 is 5.78 Å². The van der Waals surface area contributed by atoms with E-state index in [1.807, 2.05) is 0 Å². The summed E-state index contributed by atoms with van der Waals surface area (Å²) in [5.41, 5.74) is 7.60. The summed E-state index contributed by atoms with van der Waals surface area (Å²) in [6.07, 6.45) is 2.77. The van der Waals surface area contributed by atoms with E-state index in [4.69, 9.17) is 40.5 Å². The molecule has 5 nitrogen and oxygen atoms in total. The van der Waals surface area contributed by atoms with Crippen LogP contribution in [0.5, 0.6) is 0 Å². The van der Waals surface area contributed by atoms with E-state index in [0.717, 1.165) is 24.1 Å². The molecular formula is C22H22Cl3N3O2S. The summed E-state index contributed by atoms with van der Waals surface area (Å²) in [4.78, 5) is 32.4. The molecule has 1 aliphatic rings. The van der Waals surface area contributed by atoms with Gasteiger partial charge in [0.2, 0.25) is 5.91 Å². The molecule has 1 fully saturated rings. The highest BCUT2D eigenvalue weighted by molar-refractivity contribution is 7.18. The number of nitrogens with two attached hydrogens (primary N) is 1. The van der Waals surface area contributed by atoms with Gasteiger partial charge in [-0.2, -0.15) is 0 Å². The minimum absolute atomic E-state index is 0.00119. The Morgan fingerprint density at radius 3 is 2.42 bits per heavy atom. The quantitative estimate of drug-likeness (QED) is 0.300. The predicted molar refractivity (Wildman–Crippen MR) is 129 cm³/mol. The first-order valence-corrected chi connectivity index (χ1v) is 11.8. The molecule has 0 aliphatic carbocycles. The van der Waals surface area contributed by atoms with Crippen LogP contribution in [0, 0.1) is 0 Å². The van der Waals surface area contributed by atoms with Gasteiger partial charge in [0, 0.05) is 23.7 Å². The molecule has 0 radical (unpaired) electrons. The predicted octanol–water partition coefficient (Wildman–Crippen LogP) is 6.03. The Balaban J connectivity index is 1.93. The van der Waals surface area contributed by atoms with Gasteiger partial charge < -0.3 is 10.6 Å². The monoisotopic (exact) mass is 497 g/mol. The van der Waals surface area contributed by atoms with Crippen molar-refractivity contribution in [1.82, 2.24) is 4.90 Å². The lowest BCUT2D eigenvalue weighted by Gasteiger charge is -2.26. The molecule has 2 N–H and O–H groups in total. The molecule has 2 heterocycles. The number of halogens is 3. The molecule has 1 amide bonds. The van der Waals surface area contributed by atoms with Crippen LogP contribution in [0.25, 0.3) is 0 Å². The van der Waals surface area contributed by atoms with E-state index in [0.29, 0.717) is 44.4 Å². The van der Waals surface area contributed by atoms with Crippen LogP contribution in [0.15, 0.2) is 46.6 Å². The van der Waals surface area contributed by atoms with Gasteiger partial charge in [0.05, 0.1) is 37.8 Å². The summed E-state index contributed by atoms with van der Waals surface area (Å²) < 4.78 is 0.572. The molecule has 0 saturated carbocycles. The van der Waals surface area contributed by atoms with E-state index in [-0.39, 0.29) is 18.0 Å². The Kier molecular flexibility index (Phi) is 8.17. The van der Waals surface area contributed by atoms with Crippen molar-refractivity contribution in [2.45, 2.75) is 32.6 Å². The van der Waals surface area contributed by atoms with E-state index in [2.05, 4.69) is 4.99 Å². The molecule has 3 rings (SSSR count). The lowest BCUT2D eigenvalue weighted by Crippen LogP contribution is -2.37. The SMILES string of the molecule is CC(C(=Nc1ccc(Cl)cc1Cl)c1ccc(Cl)s1)=C(N)C(=O)CC(=O)N1CCCCC1. The average molecular weight is 499 g/mol. The number of hydrogen-bond acceptors (Lipinski definition) is 5. The van der Waals surface area contributed by atoms with Crippen LogP contribution < -0.4 is 5.73 Å². The van der Waals surface area contributed by atoms with E-state index in [1.54, 1.807) is 42.2 Å². The largest absolute Gasteiger partial charge is 0.396 e. The number of carbonyl (C=O) groups is 2. The second kappa shape index (κ2) is 10.6. The van der Waals surface area contributed by atoms with Gasteiger partial charge in [-0.1, -0.05) is 34.8 Å². The highest BCUT2D eigenvalue weighted by Gasteiger charge is 2.23. The second-order valence-electron chi connectivity index (χ2n) is 7.24. The third-order valence-electron chi connectivity index (χ3n) is 5.03. The number of aliphatic imine (C=N–C) groups is 1. The molecule has 1 aliphatic heterocycles. The molecule has 2 aromatic rings. The first-order valence-electron chi connectivity index (χ1n) is 9.83. The number of piperidine rings is 1. The standard InChI is InChI=1S/C22H22Cl3N3O2S/c1-13(21(26)17(29)12-20(30)28-9-3-2-4-10-28)22(18-7-8-19(25)31-18)27-16-6-5-14(23)11-15(16)24/h5-8,11H,2-4,9-10,12,26H2,1H3. The summed E-state index contributed by atoms with van der Waals surface area (Å²) in [6.45, 7) is 3.07. The second-order valence-corrected chi connectivity index (χ2v) is 9.80. The Labute approximate surface area is 200 Å². The normalized spacial score (nSPS) is 15.6. The number of hydrogen-bond donors (Lipinski definition) is 1. The summed E-state index contributed by atoms with van der Waals surface area (Å²) in [6, 6.07) is 8.49. The average Bonchev–Trinajstić information content (AvgIpc) is 3.18. The van der Waals surface area contributed by atoms with Crippen LogP contribution in [-0.4, -0.2) is 35.4 Å². The van der Waals surface area contributed by atoms with Gasteiger partial charge in [-0.15, -0.1) is 11.3 Å². The molecule has 1 saturated heterocycles. The number of thiophene rings is 1. The van der Waals surface area contributed by atoms with Gasteiger partial charge >= 0.3 is 0 Å². The van der Waals surface area contributed by atoms with Crippen molar-refractivity contribution >= 4 is 69.2 Å². The van der Waals surface area contributed by atoms with Crippen LogP contribution in [0.2, 0.25) is 14.4 Å². The maximum atomic E-state index is 12.8. The maximum absolute atomic E-state index is 12.8. The van der Waals surface area contributed by atoms with Crippen molar-refractivity contribution in [3.8, 4) is 0 Å². The lowest BCUT2D eigenvalue weighted by molar-refractivity contribution is -0.135. The van der Waals surface area contributed by atoms with Gasteiger partial charge in [-0.25, -0.2) is 4.99 Å². The molecule has 0 spiro atoms. The number of allylic oxidation sites excluding steroid dienone is 2. The van der Waals surface area contributed by atoms with Crippen molar-refractivity contribution < 1.29 is 9.59 Å². The Morgan fingerprint density at radius 1 is 1.10 bits per heavy atom. The number of rotatable bonds is 6. The summed E-state index contributed by atoms with van der Waals surface area (Å²) in [5.74, 6) is -0.621. The van der Waals surface area contributed by atoms with Crippen molar-refractivity contribution in [3.05, 3.63) is 60.9 Å². The van der Waals surface area contributed by atoms with Gasteiger partial charge in [0.1, 0.15) is 0 Å². The molecule has 0 unspecified atom stereocenters. The minimum Gasteiger partial charge on any atom is -0.396 e. The zero-order valence-corrected chi connectivity index (χ0v) is 20.0. The maximum Gasteiger partial charge on any atom is 0.230 e. The molecule has 1 aromatic carbocycles. The third kappa shape index (κ3) is 6.10. The number of carbonyl (C=O) groups excluding carboxylic acids is 2. The molecular weight excluding hydrogens is 477 g/mol. The Morgan fingerprint density at radius 2 is 1.81 bits per heavy atom. The number of nitrogens with zero attached hydrogens (tertiary/aromatic N) is 2. The topological polar surface area (TPSA) is 75.8 Å². The van der Waals surface area contributed by atoms with Gasteiger partial charge in [0.25, 0.3) is 0 Å². The highest BCUT2D eigenvalue weighted by atomic mass is 35.5. The number of ketones is 1. The van der Waals surface area contributed by atoms with E-state index in [1.165, 1.54) is 11.3 Å². The van der Waals surface area contributed by atoms with Gasteiger partial charge in [-0.05, 0) is 56.5 Å². The molecule has 1 aromatic heterocycles. The molecule has 164 valence electrons. The van der Waals surface area contributed by atoms with Crippen molar-refractivity contribution in [3.63, 3.8) is 0 Å². The van der Waals surface area contributed by atoms with Crippen LogP contribution in [0.1, 0.15) is 37.5 Å². The first kappa shape index (κ1) is 23.8. The van der Waals surface area contributed by atoms with Crippen LogP contribution in [0.3, 0.4) is 0 Å². The Bertz CT molecular complexity index is 1060. The van der Waals surface area contributed by atoms with Gasteiger partial charge in [-0.3, -0.25) is 9.59 Å². The molecule has 9 heteroatoms. The van der Waals surface area contributed by atoms with Crippen molar-refractivity contribution in [1.29, 1.82) is 0 Å². The molecule has 0 bridgehead atoms. The number of Topliss-reactive ketones (excluding diaryl/α,β-unsaturated/α-hetero) is 1. The van der Waals surface area contributed by atoms with Crippen LogP contribution in [0.4, 0.5) is 5.69 Å². The fourth-order valence-corrected chi connectivity index (χ4v) is 4.82. The highest BCUT2D eigenvalue weighted by Crippen LogP contribution is 2.32. The smallest absolute Gasteiger partial charge is 0.230 e. The third-order valence-corrected chi connectivity index (χ3v) is 6.80. The van der Waals surface area contributed by atoms with E-state index in [9.17, 15) is 9.59 Å². The fourth-order valence-electron chi connectivity index (χ4n) is 3.28. The number of benzene rings is 1. The summed E-state index contributed by atoms with van der Waals surface area (Å²) in [7, 11) is 0. The Hall–Kier alpha value is -1.86. The summed E-state index contributed by atoms with van der Waals surface area (Å²) in [5, 5.41) is 0.855. The van der Waals surface area contributed by atoms with Crippen LogP contribution in [-0.2, 0) is 9.59 Å².